The molecule has 5 aromatic rings. The highest BCUT2D eigenvalue weighted by molar-refractivity contribution is 5.96. The molecule has 0 bridgehead atoms. The zero-order valence-corrected chi connectivity index (χ0v) is 20.5. The quantitative estimate of drug-likeness (QED) is 0.370. The van der Waals surface area contributed by atoms with Crippen molar-refractivity contribution in [3.8, 4) is 0 Å². The van der Waals surface area contributed by atoms with Gasteiger partial charge in [-0.1, -0.05) is 18.2 Å². The van der Waals surface area contributed by atoms with E-state index in [1.54, 1.807) is 11.6 Å². The van der Waals surface area contributed by atoms with Gasteiger partial charge in [-0.2, -0.15) is 0 Å². The number of fused-ring (bicyclic) bond motifs is 2. The Hall–Kier alpha value is -4.61. The van der Waals surface area contributed by atoms with Crippen molar-refractivity contribution in [2.45, 2.75) is 25.4 Å². The lowest BCUT2D eigenvalue weighted by molar-refractivity contribution is 0.0937. The number of carbonyl (C=O) groups is 1. The standard InChI is InChI=1S/C26H24F2N8O2/c1-34-22-21(33-24(34)25(37)29-13-15-6-7-16(27)12-18(15)28)23(31-14-30-22)35-10-8-17(9-11-35)36-20-5-3-2-4-19(20)32-26(36)38/h2-7,12,14,17H,8-11,13H2,1H3,(H,29,37)(H,32,38). The highest BCUT2D eigenvalue weighted by Gasteiger charge is 2.27. The summed E-state index contributed by atoms with van der Waals surface area (Å²) in [7, 11) is 1.68. The highest BCUT2D eigenvalue weighted by Crippen LogP contribution is 2.30. The molecule has 1 saturated heterocycles. The summed E-state index contributed by atoms with van der Waals surface area (Å²) in [6.45, 7) is 1.17. The molecule has 2 aromatic carbocycles. The second-order valence-corrected chi connectivity index (χ2v) is 9.32. The monoisotopic (exact) mass is 518 g/mol. The van der Waals surface area contributed by atoms with E-state index in [0.717, 1.165) is 36.0 Å². The molecular formula is C26H24F2N8O2. The minimum absolute atomic E-state index is 0.0455. The van der Waals surface area contributed by atoms with Crippen LogP contribution in [0.5, 0.6) is 0 Å². The van der Waals surface area contributed by atoms with Crippen LogP contribution < -0.4 is 15.9 Å². The Morgan fingerprint density at radius 3 is 2.71 bits per heavy atom. The van der Waals surface area contributed by atoms with Crippen LogP contribution in [0.4, 0.5) is 14.6 Å². The third-order valence-corrected chi connectivity index (χ3v) is 7.05. The zero-order chi connectivity index (χ0) is 26.4. The molecule has 194 valence electrons. The number of para-hydroxylation sites is 2. The van der Waals surface area contributed by atoms with Crippen LogP contribution in [0, 0.1) is 11.6 Å². The average molecular weight is 519 g/mol. The van der Waals surface area contributed by atoms with E-state index in [1.165, 1.54) is 12.4 Å². The molecule has 1 fully saturated rings. The Bertz CT molecular complexity index is 1730. The van der Waals surface area contributed by atoms with Crippen LogP contribution in [-0.4, -0.2) is 48.1 Å². The number of benzene rings is 2. The molecule has 0 unspecified atom stereocenters. The Labute approximate surface area is 215 Å². The molecule has 1 amide bonds. The van der Waals surface area contributed by atoms with E-state index >= 15 is 0 Å². The van der Waals surface area contributed by atoms with E-state index in [-0.39, 0.29) is 29.7 Å². The molecular weight excluding hydrogens is 494 g/mol. The first-order valence-electron chi connectivity index (χ1n) is 12.2. The van der Waals surface area contributed by atoms with Crippen molar-refractivity contribution < 1.29 is 13.6 Å². The first-order chi connectivity index (χ1) is 18.4. The minimum Gasteiger partial charge on any atom is -0.355 e. The van der Waals surface area contributed by atoms with Crippen molar-refractivity contribution in [2.24, 2.45) is 7.05 Å². The lowest BCUT2D eigenvalue weighted by Crippen LogP contribution is -2.37. The van der Waals surface area contributed by atoms with Gasteiger partial charge in [0.25, 0.3) is 5.91 Å². The summed E-state index contributed by atoms with van der Waals surface area (Å²) in [6, 6.07) is 10.9. The first-order valence-corrected chi connectivity index (χ1v) is 12.2. The number of rotatable bonds is 5. The lowest BCUT2D eigenvalue weighted by atomic mass is 10.0. The molecule has 2 N–H and O–H groups in total. The number of piperidine rings is 1. The largest absolute Gasteiger partial charge is 0.355 e. The second-order valence-electron chi connectivity index (χ2n) is 9.32. The van der Waals surface area contributed by atoms with Gasteiger partial charge in [-0.25, -0.2) is 28.5 Å². The summed E-state index contributed by atoms with van der Waals surface area (Å²) in [5.41, 5.74) is 2.73. The minimum atomic E-state index is -0.734. The molecule has 10 nitrogen and oxygen atoms in total. The summed E-state index contributed by atoms with van der Waals surface area (Å²) < 4.78 is 30.5. The summed E-state index contributed by atoms with van der Waals surface area (Å²) in [5.74, 6) is -1.22. The SMILES string of the molecule is Cn1c(C(=O)NCc2ccc(F)cc2F)nc2c(N3CCC(n4c(=O)[nH]c5ccccc54)CC3)ncnc21. The number of hydrogen-bond donors (Lipinski definition) is 2. The molecule has 4 heterocycles. The van der Waals surface area contributed by atoms with Crippen molar-refractivity contribution in [1.29, 1.82) is 0 Å². The molecule has 0 spiro atoms. The van der Waals surface area contributed by atoms with E-state index in [4.69, 9.17) is 0 Å². The van der Waals surface area contributed by atoms with Gasteiger partial charge in [0.05, 0.1) is 11.0 Å². The van der Waals surface area contributed by atoms with Crippen molar-refractivity contribution >= 4 is 33.9 Å². The van der Waals surface area contributed by atoms with Crippen LogP contribution in [0.1, 0.15) is 35.1 Å². The van der Waals surface area contributed by atoms with Crippen LogP contribution in [-0.2, 0) is 13.6 Å². The fraction of sp³-hybridized carbons (Fsp3) is 0.269. The molecule has 0 aliphatic carbocycles. The number of amides is 1. The number of nitrogens with one attached hydrogen (secondary N) is 2. The Balaban J connectivity index is 1.21. The number of nitrogens with zero attached hydrogens (tertiary/aromatic N) is 6. The van der Waals surface area contributed by atoms with E-state index in [1.807, 2.05) is 28.8 Å². The van der Waals surface area contributed by atoms with Crippen LogP contribution >= 0.6 is 0 Å². The van der Waals surface area contributed by atoms with Crippen LogP contribution in [0.25, 0.3) is 22.2 Å². The number of halogens is 2. The van der Waals surface area contributed by atoms with Gasteiger partial charge in [-0.05, 0) is 31.0 Å². The number of imidazole rings is 2. The van der Waals surface area contributed by atoms with Crippen molar-refractivity contribution in [1.82, 2.24) is 34.4 Å². The first kappa shape index (κ1) is 23.8. The summed E-state index contributed by atoms with van der Waals surface area (Å²) in [5, 5.41) is 2.64. The molecule has 1 aliphatic heterocycles. The van der Waals surface area contributed by atoms with Gasteiger partial charge in [0.2, 0.25) is 5.82 Å². The topological polar surface area (TPSA) is 114 Å². The van der Waals surface area contributed by atoms with Crippen LogP contribution in [0.2, 0.25) is 0 Å². The normalized spacial score (nSPS) is 14.4. The van der Waals surface area contributed by atoms with Crippen LogP contribution in [0.15, 0.2) is 53.6 Å². The van der Waals surface area contributed by atoms with Crippen LogP contribution in [0.3, 0.4) is 0 Å². The number of hydrogen-bond acceptors (Lipinski definition) is 6. The lowest BCUT2D eigenvalue weighted by Gasteiger charge is -2.33. The second kappa shape index (κ2) is 9.36. The highest BCUT2D eigenvalue weighted by atomic mass is 19.1. The zero-order valence-electron chi connectivity index (χ0n) is 20.5. The van der Waals surface area contributed by atoms with Gasteiger partial charge in [-0.3, -0.25) is 9.36 Å². The predicted molar refractivity (Wildman–Crippen MR) is 137 cm³/mol. The average Bonchev–Trinajstić information content (AvgIpc) is 3.44. The number of H-pyrrole nitrogens is 1. The molecule has 3 aromatic heterocycles. The molecule has 0 atom stereocenters. The fourth-order valence-corrected chi connectivity index (χ4v) is 5.11. The number of aromatic amines is 1. The molecule has 38 heavy (non-hydrogen) atoms. The third kappa shape index (κ3) is 4.07. The molecule has 6 rings (SSSR count). The van der Waals surface area contributed by atoms with Gasteiger partial charge in [-0.15, -0.1) is 0 Å². The smallest absolute Gasteiger partial charge is 0.326 e. The number of aromatic nitrogens is 6. The Kier molecular flexibility index (Phi) is 5.86. The maximum Gasteiger partial charge on any atom is 0.326 e. The summed E-state index contributed by atoms with van der Waals surface area (Å²) in [6.07, 6.45) is 2.90. The Morgan fingerprint density at radius 1 is 1.13 bits per heavy atom. The summed E-state index contributed by atoms with van der Waals surface area (Å²) >= 11 is 0. The van der Waals surface area contributed by atoms with Gasteiger partial charge >= 0.3 is 5.69 Å². The van der Waals surface area contributed by atoms with E-state index in [9.17, 15) is 18.4 Å². The van der Waals surface area contributed by atoms with Gasteiger partial charge < -0.3 is 19.8 Å². The molecule has 12 heteroatoms. The van der Waals surface area contributed by atoms with Crippen molar-refractivity contribution in [3.63, 3.8) is 0 Å². The van der Waals surface area contributed by atoms with E-state index in [0.29, 0.717) is 30.1 Å². The molecule has 0 saturated carbocycles. The van der Waals surface area contributed by atoms with Gasteiger partial charge in [0.1, 0.15) is 18.0 Å². The van der Waals surface area contributed by atoms with E-state index in [2.05, 4.69) is 30.2 Å². The number of aryl methyl sites for hydroxylation is 1. The third-order valence-electron chi connectivity index (χ3n) is 7.05. The Morgan fingerprint density at radius 2 is 1.92 bits per heavy atom. The number of carbonyl (C=O) groups excluding carboxylic acids is 1. The summed E-state index contributed by atoms with van der Waals surface area (Å²) in [4.78, 5) is 43.8. The van der Waals surface area contributed by atoms with Crippen molar-refractivity contribution in [3.05, 3.63) is 82.3 Å². The number of anilines is 1. The predicted octanol–water partition coefficient (Wildman–Crippen LogP) is 3.06. The maximum atomic E-state index is 14.0. The van der Waals surface area contributed by atoms with Gasteiger partial charge in [0, 0.05) is 44.4 Å². The van der Waals surface area contributed by atoms with Gasteiger partial charge in [0.15, 0.2) is 17.0 Å². The molecule has 1 aliphatic rings. The fourth-order valence-electron chi connectivity index (χ4n) is 5.11. The molecule has 0 radical (unpaired) electrons. The maximum absolute atomic E-state index is 14.0. The van der Waals surface area contributed by atoms with Crippen molar-refractivity contribution in [2.75, 3.05) is 18.0 Å². The van der Waals surface area contributed by atoms with E-state index < -0.39 is 17.5 Å².